The third-order valence-electron chi connectivity index (χ3n) is 3.16. The Kier molecular flexibility index (Phi) is 3.19. The number of aryl methyl sites for hydroxylation is 1. The molecule has 2 aromatic heterocycles. The van der Waals surface area contributed by atoms with E-state index in [4.69, 9.17) is 10.3 Å². The van der Waals surface area contributed by atoms with Crippen LogP contribution in [0.1, 0.15) is 5.56 Å². The largest absolute Gasteiger partial charge is 0.367 e. The molecule has 0 aliphatic carbocycles. The monoisotopic (exact) mass is 301 g/mol. The number of thiophene rings is 1. The number of nitrogen functional groups attached to an aromatic ring is 1. The van der Waals surface area contributed by atoms with Crippen molar-refractivity contribution < 1.29 is 9.45 Å². The second-order valence-corrected chi connectivity index (χ2v) is 5.45. The average Bonchev–Trinajstić information content (AvgIpc) is 3.07. The number of nitro groups is 1. The van der Waals surface area contributed by atoms with Gasteiger partial charge in [0.05, 0.1) is 10.5 Å². The first-order chi connectivity index (χ1) is 10.1. The summed E-state index contributed by atoms with van der Waals surface area (Å²) in [5.74, 6) is 0.241. The molecule has 2 N–H and O–H groups in total. The van der Waals surface area contributed by atoms with Crippen molar-refractivity contribution >= 4 is 22.9 Å². The number of nitrogens with two attached hydrogens (primary N) is 1. The third kappa shape index (κ3) is 2.27. The Morgan fingerprint density at radius 3 is 2.81 bits per heavy atom. The molecule has 21 heavy (non-hydrogen) atoms. The van der Waals surface area contributed by atoms with Gasteiger partial charge in [0.1, 0.15) is 5.69 Å². The molecule has 6 nitrogen and oxygen atoms in total. The van der Waals surface area contributed by atoms with Crippen molar-refractivity contribution in [3.8, 4) is 21.7 Å². The van der Waals surface area contributed by atoms with E-state index < -0.39 is 4.92 Å². The van der Waals surface area contributed by atoms with Gasteiger partial charge in [-0.15, -0.1) is 11.3 Å². The zero-order valence-electron chi connectivity index (χ0n) is 11.1. The van der Waals surface area contributed by atoms with Gasteiger partial charge in [-0.3, -0.25) is 10.1 Å². The maximum Gasteiger partial charge on any atom is 0.269 e. The number of benzene rings is 1. The minimum atomic E-state index is -0.423. The minimum absolute atomic E-state index is 0.0467. The highest BCUT2D eigenvalue weighted by atomic mass is 32.1. The van der Waals surface area contributed by atoms with Gasteiger partial charge in [-0.25, -0.2) is 0 Å². The summed E-state index contributed by atoms with van der Waals surface area (Å²) in [7, 11) is 0. The lowest BCUT2D eigenvalue weighted by molar-refractivity contribution is -0.384. The van der Waals surface area contributed by atoms with Gasteiger partial charge in [0.15, 0.2) is 0 Å². The van der Waals surface area contributed by atoms with Gasteiger partial charge < -0.3 is 10.3 Å². The molecule has 0 unspecified atom stereocenters. The predicted molar refractivity (Wildman–Crippen MR) is 81.1 cm³/mol. The molecule has 0 radical (unpaired) electrons. The lowest BCUT2D eigenvalue weighted by Gasteiger charge is -2.04. The fraction of sp³-hybridized carbons (Fsp3) is 0.0714. The number of nitro benzene ring substituents is 1. The molecule has 0 atom stereocenters. The molecule has 2 heterocycles. The van der Waals surface area contributed by atoms with Gasteiger partial charge in [0.2, 0.25) is 5.88 Å². The van der Waals surface area contributed by atoms with Gasteiger partial charge >= 0.3 is 0 Å². The van der Waals surface area contributed by atoms with Crippen LogP contribution in [0.5, 0.6) is 0 Å². The number of hydrogen-bond acceptors (Lipinski definition) is 6. The van der Waals surface area contributed by atoms with Crippen LogP contribution in [-0.4, -0.2) is 10.1 Å². The number of nitrogens with zero attached hydrogens (tertiary/aromatic N) is 2. The summed E-state index contributed by atoms with van der Waals surface area (Å²) < 4.78 is 5.11. The number of rotatable bonds is 3. The van der Waals surface area contributed by atoms with Gasteiger partial charge in [-0.1, -0.05) is 11.2 Å². The quantitative estimate of drug-likeness (QED) is 0.585. The summed E-state index contributed by atoms with van der Waals surface area (Å²) in [5, 5.41) is 16.8. The molecule has 106 valence electrons. The SMILES string of the molecule is Cc1cc([N+](=O)[O-])ccc1-c1noc(N)c1-c1cccs1. The van der Waals surface area contributed by atoms with Crippen molar-refractivity contribution in [2.24, 2.45) is 0 Å². The van der Waals surface area contributed by atoms with E-state index in [1.807, 2.05) is 17.5 Å². The molecule has 0 bridgehead atoms. The Morgan fingerprint density at radius 2 is 2.19 bits per heavy atom. The highest BCUT2D eigenvalue weighted by Crippen LogP contribution is 2.39. The van der Waals surface area contributed by atoms with Crippen LogP contribution in [0.25, 0.3) is 21.7 Å². The second-order valence-electron chi connectivity index (χ2n) is 4.50. The Hall–Kier alpha value is -2.67. The molecular formula is C14H11N3O3S. The van der Waals surface area contributed by atoms with Crippen LogP contribution < -0.4 is 5.73 Å². The minimum Gasteiger partial charge on any atom is -0.367 e. The summed E-state index contributed by atoms with van der Waals surface area (Å²) in [4.78, 5) is 11.3. The summed E-state index contributed by atoms with van der Waals surface area (Å²) in [5.41, 5.74) is 8.75. The van der Waals surface area contributed by atoms with E-state index in [0.717, 1.165) is 21.6 Å². The van der Waals surface area contributed by atoms with E-state index in [2.05, 4.69) is 5.16 Å². The first kappa shape index (κ1) is 13.3. The second kappa shape index (κ2) is 5.02. The highest BCUT2D eigenvalue weighted by Gasteiger charge is 2.20. The molecule has 0 aliphatic heterocycles. The predicted octanol–water partition coefficient (Wildman–Crippen LogP) is 3.87. The summed E-state index contributed by atoms with van der Waals surface area (Å²) in [6.07, 6.45) is 0. The zero-order chi connectivity index (χ0) is 15.0. The molecule has 0 amide bonds. The molecular weight excluding hydrogens is 290 g/mol. The molecule has 7 heteroatoms. The van der Waals surface area contributed by atoms with Crippen molar-refractivity contribution in [2.45, 2.75) is 6.92 Å². The molecule has 0 aliphatic rings. The highest BCUT2D eigenvalue weighted by molar-refractivity contribution is 7.13. The normalized spacial score (nSPS) is 10.7. The number of anilines is 1. The molecule has 3 rings (SSSR count). The van der Waals surface area contributed by atoms with Crippen LogP contribution in [0, 0.1) is 17.0 Å². The van der Waals surface area contributed by atoms with Crippen molar-refractivity contribution in [3.05, 3.63) is 51.4 Å². The fourth-order valence-corrected chi connectivity index (χ4v) is 2.95. The lowest BCUT2D eigenvalue weighted by atomic mass is 10.0. The molecule has 3 aromatic rings. The van der Waals surface area contributed by atoms with Crippen LogP contribution in [0.4, 0.5) is 11.6 Å². The molecule has 0 fully saturated rings. The van der Waals surface area contributed by atoms with Crippen molar-refractivity contribution in [1.82, 2.24) is 5.16 Å². The van der Waals surface area contributed by atoms with Gasteiger partial charge in [-0.05, 0) is 30.0 Å². The summed E-state index contributed by atoms with van der Waals surface area (Å²) in [6, 6.07) is 8.47. The van der Waals surface area contributed by atoms with Gasteiger partial charge in [-0.2, -0.15) is 0 Å². The van der Waals surface area contributed by atoms with E-state index in [1.165, 1.54) is 23.5 Å². The van der Waals surface area contributed by atoms with Crippen molar-refractivity contribution in [1.29, 1.82) is 0 Å². The first-order valence-electron chi connectivity index (χ1n) is 6.12. The summed E-state index contributed by atoms with van der Waals surface area (Å²) >= 11 is 1.53. The fourth-order valence-electron chi connectivity index (χ4n) is 2.17. The number of aromatic nitrogens is 1. The van der Waals surface area contributed by atoms with Crippen molar-refractivity contribution in [2.75, 3.05) is 5.73 Å². The summed E-state index contributed by atoms with van der Waals surface area (Å²) in [6.45, 7) is 1.80. The Morgan fingerprint density at radius 1 is 1.38 bits per heavy atom. The van der Waals surface area contributed by atoms with Crippen LogP contribution in [0.15, 0.2) is 40.2 Å². The molecule has 1 aromatic carbocycles. The van der Waals surface area contributed by atoms with E-state index in [-0.39, 0.29) is 11.6 Å². The number of non-ortho nitro benzene ring substituents is 1. The smallest absolute Gasteiger partial charge is 0.269 e. The Bertz CT molecular complexity index is 809. The molecule has 0 spiro atoms. The molecule has 0 saturated carbocycles. The average molecular weight is 301 g/mol. The van der Waals surface area contributed by atoms with Crippen LogP contribution in [0.2, 0.25) is 0 Å². The van der Waals surface area contributed by atoms with Crippen molar-refractivity contribution in [3.63, 3.8) is 0 Å². The Balaban J connectivity index is 2.16. The van der Waals surface area contributed by atoms with E-state index in [1.54, 1.807) is 13.0 Å². The third-order valence-corrected chi connectivity index (χ3v) is 4.05. The van der Waals surface area contributed by atoms with E-state index in [9.17, 15) is 10.1 Å². The lowest BCUT2D eigenvalue weighted by Crippen LogP contribution is -1.92. The van der Waals surface area contributed by atoms with Crippen LogP contribution >= 0.6 is 11.3 Å². The zero-order valence-corrected chi connectivity index (χ0v) is 11.9. The van der Waals surface area contributed by atoms with Gasteiger partial charge in [0, 0.05) is 22.6 Å². The number of hydrogen-bond donors (Lipinski definition) is 1. The Labute approximate surface area is 124 Å². The maximum absolute atomic E-state index is 10.8. The van der Waals surface area contributed by atoms with Crippen LogP contribution in [-0.2, 0) is 0 Å². The maximum atomic E-state index is 10.8. The standard InChI is InChI=1S/C14H11N3O3S/c1-8-7-9(17(18)19)4-5-10(8)13-12(14(15)20-16-13)11-3-2-6-21-11/h2-7H,15H2,1H3. The topological polar surface area (TPSA) is 95.2 Å². The molecule has 0 saturated heterocycles. The van der Waals surface area contributed by atoms with Crippen LogP contribution in [0.3, 0.4) is 0 Å². The first-order valence-corrected chi connectivity index (χ1v) is 7.00. The van der Waals surface area contributed by atoms with E-state index in [0.29, 0.717) is 5.69 Å². The van der Waals surface area contributed by atoms with Gasteiger partial charge in [0.25, 0.3) is 5.69 Å². The van der Waals surface area contributed by atoms with E-state index >= 15 is 0 Å².